The number of hydrogen-bond donors (Lipinski definition) is 0. The van der Waals surface area contributed by atoms with Crippen LogP contribution in [-0.2, 0) is 20.7 Å². The van der Waals surface area contributed by atoms with Crippen molar-refractivity contribution in [3.05, 3.63) is 70.5 Å². The summed E-state index contributed by atoms with van der Waals surface area (Å²) in [4.78, 5) is 25.6. The molecule has 0 atom stereocenters. The molecule has 25 heavy (non-hydrogen) atoms. The van der Waals surface area contributed by atoms with Crippen LogP contribution in [0.4, 0.5) is 10.1 Å². The summed E-state index contributed by atoms with van der Waals surface area (Å²) in [6.07, 6.45) is 3.06. The zero-order valence-electron chi connectivity index (χ0n) is 13.2. The van der Waals surface area contributed by atoms with Gasteiger partial charge in [-0.25, -0.2) is 9.18 Å². The summed E-state index contributed by atoms with van der Waals surface area (Å²) in [6, 6.07) is 11.8. The molecule has 1 aliphatic rings. The van der Waals surface area contributed by atoms with Gasteiger partial charge in [-0.15, -0.1) is 0 Å². The van der Waals surface area contributed by atoms with Crippen LogP contribution in [0.2, 0.25) is 5.02 Å². The minimum atomic E-state index is -0.736. The molecule has 0 N–H and O–H groups in total. The van der Waals surface area contributed by atoms with Gasteiger partial charge in [0.2, 0.25) is 0 Å². The molecule has 0 radical (unpaired) electrons. The molecule has 4 nitrogen and oxygen atoms in total. The number of ether oxygens (including phenoxy) is 1. The number of carbonyl (C=O) groups excluding carboxylic acids is 2. The van der Waals surface area contributed by atoms with E-state index in [1.165, 1.54) is 24.3 Å². The fourth-order valence-corrected chi connectivity index (χ4v) is 2.90. The van der Waals surface area contributed by atoms with Crippen molar-refractivity contribution in [1.29, 1.82) is 0 Å². The normalized spacial score (nSPS) is 13.1. The summed E-state index contributed by atoms with van der Waals surface area (Å²) in [5.74, 6) is -1.57. The fourth-order valence-electron chi connectivity index (χ4n) is 2.68. The summed E-state index contributed by atoms with van der Waals surface area (Å²) >= 11 is 5.87. The Bertz CT molecular complexity index is 830. The van der Waals surface area contributed by atoms with Crippen LogP contribution in [0, 0.1) is 5.82 Å². The zero-order chi connectivity index (χ0) is 17.8. The Morgan fingerprint density at radius 2 is 2.00 bits per heavy atom. The Hall–Kier alpha value is -2.66. The van der Waals surface area contributed by atoms with Gasteiger partial charge in [-0.2, -0.15) is 0 Å². The number of anilines is 1. The molecule has 0 unspecified atom stereocenters. The molecule has 0 aliphatic carbocycles. The van der Waals surface area contributed by atoms with Crippen LogP contribution in [-0.4, -0.2) is 25.0 Å². The fraction of sp³-hybridized carbons (Fsp3) is 0.158. The van der Waals surface area contributed by atoms with Gasteiger partial charge in [0.25, 0.3) is 5.91 Å². The molecule has 1 amide bonds. The number of amides is 1. The van der Waals surface area contributed by atoms with Crippen molar-refractivity contribution >= 4 is 35.2 Å². The molecule has 3 rings (SSSR count). The first-order valence-electron chi connectivity index (χ1n) is 7.73. The summed E-state index contributed by atoms with van der Waals surface area (Å²) in [7, 11) is 0. The van der Waals surface area contributed by atoms with E-state index >= 15 is 0 Å². The van der Waals surface area contributed by atoms with Gasteiger partial charge >= 0.3 is 5.97 Å². The molecule has 0 saturated heterocycles. The van der Waals surface area contributed by atoms with Crippen molar-refractivity contribution in [2.24, 2.45) is 0 Å². The molecule has 1 aliphatic heterocycles. The number of benzene rings is 2. The quantitative estimate of drug-likeness (QED) is 0.618. The number of nitrogens with zero attached hydrogens (tertiary/aromatic N) is 1. The van der Waals surface area contributed by atoms with Crippen LogP contribution in [0.3, 0.4) is 0 Å². The maximum Gasteiger partial charge on any atom is 0.331 e. The number of rotatable bonds is 4. The van der Waals surface area contributed by atoms with E-state index in [1.807, 2.05) is 24.3 Å². The lowest BCUT2D eigenvalue weighted by atomic mass is 10.2. The van der Waals surface area contributed by atoms with E-state index in [1.54, 1.807) is 4.90 Å². The maximum atomic E-state index is 13.6. The van der Waals surface area contributed by atoms with Gasteiger partial charge in [0.15, 0.2) is 6.61 Å². The molecular formula is C19H15ClFNO3. The van der Waals surface area contributed by atoms with Crippen LogP contribution >= 0.6 is 11.6 Å². The third-order valence-corrected chi connectivity index (χ3v) is 4.24. The van der Waals surface area contributed by atoms with Crippen molar-refractivity contribution in [3.63, 3.8) is 0 Å². The average Bonchev–Trinajstić information content (AvgIpc) is 3.03. The highest BCUT2D eigenvalue weighted by atomic mass is 35.5. The summed E-state index contributed by atoms with van der Waals surface area (Å²) in [6.45, 7) is 0.193. The lowest BCUT2D eigenvalue weighted by Gasteiger charge is -2.16. The van der Waals surface area contributed by atoms with Crippen LogP contribution in [0.25, 0.3) is 6.08 Å². The first-order chi connectivity index (χ1) is 12.1. The van der Waals surface area contributed by atoms with E-state index in [0.29, 0.717) is 6.54 Å². The second-order valence-electron chi connectivity index (χ2n) is 5.50. The molecule has 128 valence electrons. The van der Waals surface area contributed by atoms with Crippen molar-refractivity contribution in [1.82, 2.24) is 0 Å². The largest absolute Gasteiger partial charge is 0.452 e. The van der Waals surface area contributed by atoms with E-state index in [4.69, 9.17) is 16.3 Å². The minimum absolute atomic E-state index is 0.0981. The van der Waals surface area contributed by atoms with E-state index in [-0.39, 0.29) is 23.1 Å². The Kier molecular flexibility index (Phi) is 5.14. The van der Waals surface area contributed by atoms with E-state index < -0.39 is 11.8 Å². The third kappa shape index (κ3) is 3.88. The van der Waals surface area contributed by atoms with Gasteiger partial charge in [-0.1, -0.05) is 35.9 Å². The standard InChI is InChI=1S/C19H15ClFNO3/c20-15-5-3-6-16(21)14(15)8-9-19(24)25-12-18(23)22-11-10-13-4-1-2-7-17(13)22/h1-9H,10-12H2/b9-8+. The smallest absolute Gasteiger partial charge is 0.331 e. The van der Waals surface area contributed by atoms with Crippen LogP contribution in [0.15, 0.2) is 48.5 Å². The highest BCUT2D eigenvalue weighted by Gasteiger charge is 2.24. The summed E-state index contributed by atoms with van der Waals surface area (Å²) < 4.78 is 18.6. The lowest BCUT2D eigenvalue weighted by molar-refractivity contribution is -0.142. The number of hydrogen-bond acceptors (Lipinski definition) is 3. The molecule has 6 heteroatoms. The van der Waals surface area contributed by atoms with Gasteiger partial charge in [-0.3, -0.25) is 4.79 Å². The van der Waals surface area contributed by atoms with E-state index in [2.05, 4.69) is 0 Å². The zero-order valence-corrected chi connectivity index (χ0v) is 14.0. The number of halogens is 2. The van der Waals surface area contributed by atoms with E-state index in [9.17, 15) is 14.0 Å². The number of para-hydroxylation sites is 1. The van der Waals surface area contributed by atoms with Gasteiger partial charge in [-0.05, 0) is 36.3 Å². The van der Waals surface area contributed by atoms with Crippen LogP contribution in [0.1, 0.15) is 11.1 Å². The van der Waals surface area contributed by atoms with Gasteiger partial charge in [0, 0.05) is 23.9 Å². The lowest BCUT2D eigenvalue weighted by Crippen LogP contribution is -2.33. The molecule has 1 heterocycles. The second kappa shape index (κ2) is 7.49. The molecule has 0 fully saturated rings. The highest BCUT2D eigenvalue weighted by Crippen LogP contribution is 2.27. The van der Waals surface area contributed by atoms with E-state index in [0.717, 1.165) is 23.7 Å². The third-order valence-electron chi connectivity index (χ3n) is 3.91. The van der Waals surface area contributed by atoms with Crippen molar-refractivity contribution in [2.45, 2.75) is 6.42 Å². The van der Waals surface area contributed by atoms with Crippen LogP contribution in [0.5, 0.6) is 0 Å². The Labute approximate surface area is 149 Å². The van der Waals surface area contributed by atoms with Crippen LogP contribution < -0.4 is 4.90 Å². The monoisotopic (exact) mass is 359 g/mol. The Morgan fingerprint density at radius 1 is 1.20 bits per heavy atom. The van der Waals surface area contributed by atoms with Crippen molar-refractivity contribution < 1.29 is 18.7 Å². The predicted octanol–water partition coefficient (Wildman–Crippen LogP) is 3.62. The highest BCUT2D eigenvalue weighted by molar-refractivity contribution is 6.32. The van der Waals surface area contributed by atoms with Gasteiger partial charge < -0.3 is 9.64 Å². The molecule has 2 aromatic rings. The summed E-state index contributed by atoms with van der Waals surface area (Å²) in [5.41, 5.74) is 2.04. The number of esters is 1. The molecule has 0 saturated carbocycles. The van der Waals surface area contributed by atoms with Crippen molar-refractivity contribution in [2.75, 3.05) is 18.1 Å². The summed E-state index contributed by atoms with van der Waals surface area (Å²) in [5, 5.41) is 0.189. The molecule has 0 aromatic heterocycles. The molecule has 0 spiro atoms. The topological polar surface area (TPSA) is 46.6 Å². The first kappa shape index (κ1) is 17.2. The Balaban J connectivity index is 1.58. The number of fused-ring (bicyclic) bond motifs is 1. The predicted molar refractivity (Wildman–Crippen MR) is 93.9 cm³/mol. The van der Waals surface area contributed by atoms with Crippen molar-refractivity contribution in [3.8, 4) is 0 Å². The Morgan fingerprint density at radius 3 is 2.80 bits per heavy atom. The SMILES string of the molecule is O=C(/C=C/c1c(F)cccc1Cl)OCC(=O)N1CCc2ccccc21. The average molecular weight is 360 g/mol. The van der Waals surface area contributed by atoms with Gasteiger partial charge in [0.05, 0.1) is 5.02 Å². The first-order valence-corrected chi connectivity index (χ1v) is 8.11. The molecular weight excluding hydrogens is 345 g/mol. The minimum Gasteiger partial charge on any atom is -0.452 e. The maximum absolute atomic E-state index is 13.6. The van der Waals surface area contributed by atoms with Gasteiger partial charge in [0.1, 0.15) is 5.82 Å². The number of carbonyl (C=O) groups is 2. The molecule has 0 bridgehead atoms. The second-order valence-corrected chi connectivity index (χ2v) is 5.91. The molecule has 2 aromatic carbocycles.